The van der Waals surface area contributed by atoms with E-state index in [-0.39, 0.29) is 11.4 Å². The van der Waals surface area contributed by atoms with E-state index in [0.717, 1.165) is 18.5 Å². The quantitative estimate of drug-likeness (QED) is 0.681. The molecule has 0 aliphatic heterocycles. The van der Waals surface area contributed by atoms with Gasteiger partial charge in [-0.25, -0.2) is 9.37 Å². The number of nitrogens with zero attached hydrogens (tertiary/aromatic N) is 2. The SMILES string of the molecule is CCCc1cc(=O)[nH]c(SCc2cc(F)ccc2C#N)n1. The highest BCUT2D eigenvalue weighted by Gasteiger charge is 2.07. The van der Waals surface area contributed by atoms with Gasteiger partial charge in [0, 0.05) is 17.5 Å². The van der Waals surface area contributed by atoms with Crippen molar-refractivity contribution in [2.24, 2.45) is 0 Å². The van der Waals surface area contributed by atoms with Gasteiger partial charge in [-0.2, -0.15) is 5.26 Å². The van der Waals surface area contributed by atoms with Crippen molar-refractivity contribution in [1.29, 1.82) is 5.26 Å². The number of hydrogen-bond donors (Lipinski definition) is 1. The predicted molar refractivity (Wildman–Crippen MR) is 79.5 cm³/mol. The zero-order chi connectivity index (χ0) is 15.2. The normalized spacial score (nSPS) is 10.3. The van der Waals surface area contributed by atoms with Crippen molar-refractivity contribution in [3.8, 4) is 6.07 Å². The Labute approximate surface area is 126 Å². The molecule has 1 N–H and O–H groups in total. The number of thioether (sulfide) groups is 1. The first-order chi connectivity index (χ1) is 10.1. The van der Waals surface area contributed by atoms with Crippen LogP contribution in [0, 0.1) is 17.1 Å². The molecular formula is C15H14FN3OS. The molecule has 1 heterocycles. The summed E-state index contributed by atoms with van der Waals surface area (Å²) in [5, 5.41) is 9.49. The highest BCUT2D eigenvalue weighted by Crippen LogP contribution is 2.21. The second-order valence-corrected chi connectivity index (χ2v) is 5.46. The number of halogens is 1. The van der Waals surface area contributed by atoms with E-state index < -0.39 is 0 Å². The molecule has 4 nitrogen and oxygen atoms in total. The summed E-state index contributed by atoms with van der Waals surface area (Å²) in [5.74, 6) is -0.00935. The van der Waals surface area contributed by atoms with Crippen molar-refractivity contribution >= 4 is 11.8 Å². The third kappa shape index (κ3) is 4.17. The van der Waals surface area contributed by atoms with E-state index in [2.05, 4.69) is 9.97 Å². The molecule has 2 rings (SSSR count). The number of nitrogens with one attached hydrogen (secondary N) is 1. The minimum atomic E-state index is -0.384. The Morgan fingerprint density at radius 2 is 2.24 bits per heavy atom. The number of aromatic nitrogens is 2. The summed E-state index contributed by atoms with van der Waals surface area (Å²) in [7, 11) is 0. The summed E-state index contributed by atoms with van der Waals surface area (Å²) in [4.78, 5) is 18.5. The van der Waals surface area contributed by atoms with Gasteiger partial charge in [0.2, 0.25) is 0 Å². The first kappa shape index (κ1) is 15.3. The highest BCUT2D eigenvalue weighted by molar-refractivity contribution is 7.98. The number of benzene rings is 1. The molecule has 0 aliphatic carbocycles. The maximum atomic E-state index is 13.2. The molecule has 0 spiro atoms. The van der Waals surface area contributed by atoms with Gasteiger partial charge < -0.3 is 4.98 Å². The second-order valence-electron chi connectivity index (χ2n) is 4.49. The molecule has 0 atom stereocenters. The molecule has 0 fully saturated rings. The van der Waals surface area contributed by atoms with Gasteiger partial charge in [-0.15, -0.1) is 0 Å². The molecule has 0 amide bonds. The van der Waals surface area contributed by atoms with E-state index in [1.165, 1.54) is 36.0 Å². The Hall–Kier alpha value is -2.13. The highest BCUT2D eigenvalue weighted by atomic mass is 32.2. The Morgan fingerprint density at radius 1 is 1.43 bits per heavy atom. The lowest BCUT2D eigenvalue weighted by molar-refractivity contribution is 0.626. The van der Waals surface area contributed by atoms with E-state index in [4.69, 9.17) is 5.26 Å². The summed E-state index contributed by atoms with van der Waals surface area (Å²) in [6.45, 7) is 2.02. The summed E-state index contributed by atoms with van der Waals surface area (Å²) < 4.78 is 13.2. The van der Waals surface area contributed by atoms with Gasteiger partial charge in [0.1, 0.15) is 5.82 Å². The van der Waals surface area contributed by atoms with Crippen LogP contribution in [-0.4, -0.2) is 9.97 Å². The van der Waals surface area contributed by atoms with Gasteiger partial charge in [0.15, 0.2) is 5.16 Å². The van der Waals surface area contributed by atoms with Crippen LogP contribution in [0.3, 0.4) is 0 Å². The average Bonchev–Trinajstić information content (AvgIpc) is 2.45. The Morgan fingerprint density at radius 3 is 2.95 bits per heavy atom. The van der Waals surface area contributed by atoms with Crippen molar-refractivity contribution in [1.82, 2.24) is 9.97 Å². The van der Waals surface area contributed by atoms with Crippen molar-refractivity contribution in [3.63, 3.8) is 0 Å². The molecule has 2 aromatic rings. The summed E-state index contributed by atoms with van der Waals surface area (Å²) in [5.41, 5.74) is 1.56. The molecular weight excluding hydrogens is 289 g/mol. The molecule has 6 heteroatoms. The number of hydrogen-bond acceptors (Lipinski definition) is 4. The third-order valence-corrected chi connectivity index (χ3v) is 3.75. The average molecular weight is 303 g/mol. The predicted octanol–water partition coefficient (Wildman–Crippen LogP) is 3.03. The van der Waals surface area contributed by atoms with Gasteiger partial charge in [-0.3, -0.25) is 4.79 Å². The zero-order valence-corrected chi connectivity index (χ0v) is 12.3. The number of aromatic amines is 1. The first-order valence-corrected chi connectivity index (χ1v) is 7.52. The fourth-order valence-electron chi connectivity index (χ4n) is 1.87. The third-order valence-electron chi connectivity index (χ3n) is 2.83. The summed E-state index contributed by atoms with van der Waals surface area (Å²) >= 11 is 1.28. The summed E-state index contributed by atoms with van der Waals surface area (Å²) in [6.07, 6.45) is 1.64. The largest absolute Gasteiger partial charge is 0.301 e. The fourth-order valence-corrected chi connectivity index (χ4v) is 2.76. The van der Waals surface area contributed by atoms with Crippen LogP contribution in [0.2, 0.25) is 0 Å². The van der Waals surface area contributed by atoms with E-state index in [9.17, 15) is 9.18 Å². The Balaban J connectivity index is 2.19. The molecule has 0 saturated carbocycles. The van der Waals surface area contributed by atoms with Crippen LogP contribution >= 0.6 is 11.8 Å². The standard InChI is InChI=1S/C15H14FN3OS/c1-2-3-13-7-14(20)19-15(18-13)21-9-11-6-12(16)5-4-10(11)8-17/h4-7H,2-3,9H2,1H3,(H,18,19,20). The van der Waals surface area contributed by atoms with Gasteiger partial charge >= 0.3 is 0 Å². The maximum absolute atomic E-state index is 13.2. The van der Waals surface area contributed by atoms with Crippen molar-refractivity contribution in [2.75, 3.05) is 0 Å². The van der Waals surface area contributed by atoms with Crippen molar-refractivity contribution < 1.29 is 4.39 Å². The van der Waals surface area contributed by atoms with Crippen LogP contribution in [0.4, 0.5) is 4.39 Å². The van der Waals surface area contributed by atoms with Crippen molar-refractivity contribution in [2.45, 2.75) is 30.7 Å². The summed E-state index contributed by atoms with van der Waals surface area (Å²) in [6, 6.07) is 7.56. The second kappa shape index (κ2) is 7.04. The van der Waals surface area contributed by atoms with E-state index in [0.29, 0.717) is 22.0 Å². The lowest BCUT2D eigenvalue weighted by Crippen LogP contribution is -2.10. The molecule has 1 aromatic heterocycles. The van der Waals surface area contributed by atoms with Gasteiger partial charge in [-0.1, -0.05) is 25.1 Å². The molecule has 1 aromatic carbocycles. The van der Waals surface area contributed by atoms with Crippen LogP contribution < -0.4 is 5.56 Å². The Bertz CT molecular complexity index is 736. The van der Waals surface area contributed by atoms with Crippen LogP contribution in [0.1, 0.15) is 30.2 Å². The maximum Gasteiger partial charge on any atom is 0.251 e. The molecule has 0 unspecified atom stereocenters. The van der Waals surface area contributed by atoms with E-state index in [1.54, 1.807) is 0 Å². The van der Waals surface area contributed by atoms with E-state index >= 15 is 0 Å². The van der Waals surface area contributed by atoms with Crippen molar-refractivity contribution in [3.05, 3.63) is 57.3 Å². The molecule has 0 aliphatic rings. The Kier molecular flexibility index (Phi) is 5.12. The minimum Gasteiger partial charge on any atom is -0.301 e. The smallest absolute Gasteiger partial charge is 0.251 e. The monoisotopic (exact) mass is 303 g/mol. The number of H-pyrrole nitrogens is 1. The van der Waals surface area contributed by atoms with Crippen LogP contribution in [0.15, 0.2) is 34.2 Å². The minimum absolute atomic E-state index is 0.198. The number of nitriles is 1. The molecule has 21 heavy (non-hydrogen) atoms. The number of rotatable bonds is 5. The van der Waals surface area contributed by atoms with Crippen LogP contribution in [0.5, 0.6) is 0 Å². The first-order valence-electron chi connectivity index (χ1n) is 6.54. The molecule has 108 valence electrons. The molecule has 0 bridgehead atoms. The van der Waals surface area contributed by atoms with Gasteiger partial charge in [-0.05, 0) is 30.2 Å². The van der Waals surface area contributed by atoms with Gasteiger partial charge in [0.05, 0.1) is 11.6 Å². The lowest BCUT2D eigenvalue weighted by atomic mass is 10.1. The number of aryl methyl sites for hydroxylation is 1. The van der Waals surface area contributed by atoms with Crippen LogP contribution in [0.25, 0.3) is 0 Å². The molecule has 0 saturated heterocycles. The van der Waals surface area contributed by atoms with Crippen LogP contribution in [-0.2, 0) is 12.2 Å². The zero-order valence-electron chi connectivity index (χ0n) is 11.5. The fraction of sp³-hybridized carbons (Fsp3) is 0.267. The lowest BCUT2D eigenvalue weighted by Gasteiger charge is -2.05. The molecule has 0 radical (unpaired) electrons. The van der Waals surface area contributed by atoms with E-state index in [1.807, 2.05) is 13.0 Å². The van der Waals surface area contributed by atoms with Gasteiger partial charge in [0.25, 0.3) is 5.56 Å². The topological polar surface area (TPSA) is 69.5 Å².